The number of amides is 1. The van der Waals surface area contributed by atoms with Crippen LogP contribution in [-0.2, 0) is 13.0 Å². The van der Waals surface area contributed by atoms with Crippen molar-refractivity contribution in [2.24, 2.45) is 5.73 Å². The van der Waals surface area contributed by atoms with Crippen molar-refractivity contribution in [3.63, 3.8) is 0 Å². The second kappa shape index (κ2) is 6.20. The minimum absolute atomic E-state index is 0.0135. The molecule has 0 fully saturated rings. The Hall–Kier alpha value is -2.07. The normalized spacial score (nSPS) is 10.4. The zero-order valence-corrected chi connectivity index (χ0v) is 11.0. The molecule has 2 N–H and O–H groups in total. The lowest BCUT2D eigenvalue weighted by atomic mass is 10.0. The molecule has 0 aliphatic carbocycles. The molecule has 4 nitrogen and oxygen atoms in total. The lowest BCUT2D eigenvalue weighted by molar-refractivity contribution is 0.0774. The SMILES string of the molecule is CN(Cc1ccco1)C(=O)c1ccccc1CCN. The molecule has 1 aromatic heterocycles. The maximum absolute atomic E-state index is 12.4. The van der Waals surface area contributed by atoms with E-state index in [1.54, 1.807) is 18.2 Å². The Balaban J connectivity index is 2.14. The molecular weight excluding hydrogens is 240 g/mol. The molecule has 2 aromatic rings. The topological polar surface area (TPSA) is 59.5 Å². The summed E-state index contributed by atoms with van der Waals surface area (Å²) in [6.45, 7) is 0.995. The molecule has 0 bridgehead atoms. The molecular formula is C15H18N2O2. The van der Waals surface area contributed by atoms with E-state index in [2.05, 4.69) is 0 Å². The molecule has 1 heterocycles. The van der Waals surface area contributed by atoms with Crippen LogP contribution in [0.1, 0.15) is 21.7 Å². The number of carbonyl (C=O) groups excluding carboxylic acids is 1. The molecule has 0 saturated carbocycles. The van der Waals surface area contributed by atoms with E-state index in [9.17, 15) is 4.79 Å². The molecule has 1 aromatic carbocycles. The number of carbonyl (C=O) groups is 1. The maximum Gasteiger partial charge on any atom is 0.254 e. The van der Waals surface area contributed by atoms with Crippen molar-refractivity contribution in [3.05, 3.63) is 59.5 Å². The Morgan fingerprint density at radius 1 is 1.26 bits per heavy atom. The van der Waals surface area contributed by atoms with Crippen LogP contribution in [0.5, 0.6) is 0 Å². The van der Waals surface area contributed by atoms with E-state index < -0.39 is 0 Å². The Morgan fingerprint density at radius 3 is 2.74 bits per heavy atom. The third kappa shape index (κ3) is 3.23. The molecule has 0 radical (unpaired) electrons. The van der Waals surface area contributed by atoms with Crippen LogP contribution in [0.4, 0.5) is 0 Å². The van der Waals surface area contributed by atoms with Crippen molar-refractivity contribution in [1.29, 1.82) is 0 Å². The number of hydrogen-bond acceptors (Lipinski definition) is 3. The van der Waals surface area contributed by atoms with Crippen molar-refractivity contribution in [2.45, 2.75) is 13.0 Å². The van der Waals surface area contributed by atoms with Gasteiger partial charge in [-0.2, -0.15) is 0 Å². The van der Waals surface area contributed by atoms with Crippen molar-refractivity contribution in [2.75, 3.05) is 13.6 Å². The first-order chi connectivity index (χ1) is 9.22. The van der Waals surface area contributed by atoms with Crippen LogP contribution in [0.25, 0.3) is 0 Å². The highest BCUT2D eigenvalue weighted by atomic mass is 16.3. The highest BCUT2D eigenvalue weighted by Crippen LogP contribution is 2.13. The van der Waals surface area contributed by atoms with Crippen molar-refractivity contribution in [3.8, 4) is 0 Å². The van der Waals surface area contributed by atoms with E-state index in [0.717, 1.165) is 11.3 Å². The van der Waals surface area contributed by atoms with Gasteiger partial charge in [-0.25, -0.2) is 0 Å². The molecule has 0 aliphatic heterocycles. The minimum atomic E-state index is -0.0135. The zero-order chi connectivity index (χ0) is 13.7. The number of nitrogens with two attached hydrogens (primary N) is 1. The molecule has 0 spiro atoms. The summed E-state index contributed by atoms with van der Waals surface area (Å²) in [5.41, 5.74) is 7.27. The quantitative estimate of drug-likeness (QED) is 0.893. The fourth-order valence-corrected chi connectivity index (χ4v) is 2.02. The van der Waals surface area contributed by atoms with Gasteiger partial charge in [0.1, 0.15) is 5.76 Å². The maximum atomic E-state index is 12.4. The van der Waals surface area contributed by atoms with Gasteiger partial charge >= 0.3 is 0 Å². The van der Waals surface area contributed by atoms with E-state index in [4.69, 9.17) is 10.2 Å². The van der Waals surface area contributed by atoms with E-state index in [1.165, 1.54) is 0 Å². The summed E-state index contributed by atoms with van der Waals surface area (Å²) < 4.78 is 5.25. The summed E-state index contributed by atoms with van der Waals surface area (Å²) in [6.07, 6.45) is 2.31. The van der Waals surface area contributed by atoms with Gasteiger partial charge in [0.25, 0.3) is 5.91 Å². The summed E-state index contributed by atoms with van der Waals surface area (Å²) in [5.74, 6) is 0.757. The van der Waals surface area contributed by atoms with Crippen LogP contribution >= 0.6 is 0 Å². The monoisotopic (exact) mass is 258 g/mol. The molecule has 19 heavy (non-hydrogen) atoms. The van der Waals surface area contributed by atoms with Gasteiger partial charge in [0.2, 0.25) is 0 Å². The summed E-state index contributed by atoms with van der Waals surface area (Å²) in [7, 11) is 1.77. The second-order valence-corrected chi connectivity index (χ2v) is 4.44. The third-order valence-electron chi connectivity index (χ3n) is 2.98. The summed E-state index contributed by atoms with van der Waals surface area (Å²) in [5, 5.41) is 0. The lowest BCUT2D eigenvalue weighted by Crippen LogP contribution is -2.27. The van der Waals surface area contributed by atoms with Gasteiger partial charge in [0.15, 0.2) is 0 Å². The summed E-state index contributed by atoms with van der Waals surface area (Å²) in [4.78, 5) is 14.1. The summed E-state index contributed by atoms with van der Waals surface area (Å²) >= 11 is 0. The van der Waals surface area contributed by atoms with E-state index in [1.807, 2.05) is 36.4 Å². The Kier molecular flexibility index (Phi) is 4.36. The molecule has 100 valence electrons. The van der Waals surface area contributed by atoms with Crippen LogP contribution in [0, 0.1) is 0 Å². The smallest absolute Gasteiger partial charge is 0.254 e. The van der Waals surface area contributed by atoms with Gasteiger partial charge < -0.3 is 15.1 Å². The van der Waals surface area contributed by atoms with Crippen LogP contribution in [0.2, 0.25) is 0 Å². The Morgan fingerprint density at radius 2 is 2.05 bits per heavy atom. The molecule has 4 heteroatoms. The average Bonchev–Trinajstić information content (AvgIpc) is 2.92. The number of furan rings is 1. The first-order valence-electron chi connectivity index (χ1n) is 6.28. The number of benzene rings is 1. The van der Waals surface area contributed by atoms with Crippen molar-refractivity contribution < 1.29 is 9.21 Å². The number of rotatable bonds is 5. The minimum Gasteiger partial charge on any atom is -0.467 e. The highest BCUT2D eigenvalue weighted by molar-refractivity contribution is 5.95. The van der Waals surface area contributed by atoms with Gasteiger partial charge in [-0.1, -0.05) is 18.2 Å². The predicted octanol–water partition coefficient (Wildman–Crippen LogP) is 2.05. The van der Waals surface area contributed by atoms with Gasteiger partial charge in [0.05, 0.1) is 12.8 Å². The van der Waals surface area contributed by atoms with E-state index >= 15 is 0 Å². The Bertz CT molecular complexity index is 535. The highest BCUT2D eigenvalue weighted by Gasteiger charge is 2.15. The fourth-order valence-electron chi connectivity index (χ4n) is 2.02. The standard InChI is InChI=1S/C15H18N2O2/c1-17(11-13-6-4-10-19-13)15(18)14-7-3-2-5-12(14)8-9-16/h2-7,10H,8-9,11,16H2,1H3. The molecule has 2 rings (SSSR count). The molecule has 1 amide bonds. The zero-order valence-electron chi connectivity index (χ0n) is 11.0. The predicted molar refractivity (Wildman–Crippen MR) is 73.7 cm³/mol. The van der Waals surface area contributed by atoms with Crippen LogP contribution in [0.3, 0.4) is 0 Å². The summed E-state index contributed by atoms with van der Waals surface area (Å²) in [6, 6.07) is 11.3. The van der Waals surface area contributed by atoms with Gasteiger partial charge in [-0.15, -0.1) is 0 Å². The molecule has 0 saturated heterocycles. The largest absolute Gasteiger partial charge is 0.467 e. The first-order valence-corrected chi connectivity index (χ1v) is 6.28. The lowest BCUT2D eigenvalue weighted by Gasteiger charge is -2.17. The average molecular weight is 258 g/mol. The fraction of sp³-hybridized carbons (Fsp3) is 0.267. The molecule has 0 atom stereocenters. The van der Waals surface area contributed by atoms with Crippen molar-refractivity contribution in [1.82, 2.24) is 4.90 Å². The van der Waals surface area contributed by atoms with Gasteiger partial charge in [0, 0.05) is 12.6 Å². The third-order valence-corrected chi connectivity index (χ3v) is 2.98. The van der Waals surface area contributed by atoms with Gasteiger partial charge in [-0.3, -0.25) is 4.79 Å². The van der Waals surface area contributed by atoms with E-state index in [-0.39, 0.29) is 5.91 Å². The molecule has 0 aliphatic rings. The first kappa shape index (κ1) is 13.4. The number of nitrogens with zero attached hydrogens (tertiary/aromatic N) is 1. The van der Waals surface area contributed by atoms with Gasteiger partial charge in [-0.05, 0) is 36.7 Å². The van der Waals surface area contributed by atoms with Crippen LogP contribution in [-0.4, -0.2) is 24.4 Å². The second-order valence-electron chi connectivity index (χ2n) is 4.44. The van der Waals surface area contributed by atoms with Crippen molar-refractivity contribution >= 4 is 5.91 Å². The van der Waals surface area contributed by atoms with Crippen LogP contribution in [0.15, 0.2) is 47.1 Å². The Labute approximate surface area is 112 Å². The molecule has 0 unspecified atom stereocenters. The van der Waals surface area contributed by atoms with Crippen LogP contribution < -0.4 is 5.73 Å². The van der Waals surface area contributed by atoms with E-state index in [0.29, 0.717) is 25.1 Å². The number of hydrogen-bond donors (Lipinski definition) is 1.